The van der Waals surface area contributed by atoms with E-state index in [1.54, 1.807) is 0 Å². The summed E-state index contributed by atoms with van der Waals surface area (Å²) in [5.74, 6) is 0. The minimum Gasteiger partial charge on any atom is -0.307 e. The summed E-state index contributed by atoms with van der Waals surface area (Å²) >= 11 is 12.0. The molecule has 0 fully saturated rings. The predicted octanol–water partition coefficient (Wildman–Crippen LogP) is 5.20. The largest absolute Gasteiger partial charge is 0.307 e. The van der Waals surface area contributed by atoms with Gasteiger partial charge in [-0.25, -0.2) is 0 Å². The highest BCUT2D eigenvalue weighted by atomic mass is 35.5. The molecule has 0 spiro atoms. The Morgan fingerprint density at radius 2 is 1.81 bits per heavy atom. The van der Waals surface area contributed by atoms with Gasteiger partial charge < -0.3 is 5.32 Å². The normalized spacial score (nSPS) is 18.5. The van der Waals surface area contributed by atoms with Crippen LogP contribution in [-0.2, 0) is 12.8 Å². The molecule has 0 bridgehead atoms. The summed E-state index contributed by atoms with van der Waals surface area (Å²) in [7, 11) is 0. The van der Waals surface area contributed by atoms with E-state index >= 15 is 0 Å². The van der Waals surface area contributed by atoms with E-state index in [1.807, 2.05) is 18.2 Å². The molecule has 0 aromatic heterocycles. The molecule has 1 aliphatic rings. The number of hydrogen-bond acceptors (Lipinski definition) is 1. The average molecular weight is 320 g/mol. The van der Waals surface area contributed by atoms with E-state index in [0.29, 0.717) is 12.1 Å². The van der Waals surface area contributed by atoms with Crippen LogP contribution in [0.2, 0.25) is 10.0 Å². The van der Waals surface area contributed by atoms with Gasteiger partial charge in [-0.1, -0.05) is 41.4 Å². The van der Waals surface area contributed by atoms with E-state index in [1.165, 1.54) is 16.7 Å². The third-order valence-electron chi connectivity index (χ3n) is 4.12. The second-order valence-electron chi connectivity index (χ2n) is 5.83. The minimum absolute atomic E-state index is 0.429. The van der Waals surface area contributed by atoms with Crippen molar-refractivity contribution in [3.63, 3.8) is 0 Å². The lowest BCUT2D eigenvalue weighted by Gasteiger charge is -2.20. The summed E-state index contributed by atoms with van der Waals surface area (Å²) < 4.78 is 0. The summed E-state index contributed by atoms with van der Waals surface area (Å²) in [6.07, 6.45) is 3.28. The predicted molar refractivity (Wildman–Crippen MR) is 90.3 cm³/mol. The van der Waals surface area contributed by atoms with Gasteiger partial charge in [0.1, 0.15) is 0 Å². The maximum absolute atomic E-state index is 6.07. The highest BCUT2D eigenvalue weighted by Crippen LogP contribution is 2.33. The first-order valence-corrected chi connectivity index (χ1v) is 8.16. The van der Waals surface area contributed by atoms with Crippen LogP contribution in [0.15, 0.2) is 42.5 Å². The van der Waals surface area contributed by atoms with Gasteiger partial charge in [0.2, 0.25) is 0 Å². The van der Waals surface area contributed by atoms with Gasteiger partial charge >= 0.3 is 0 Å². The van der Waals surface area contributed by atoms with Crippen molar-refractivity contribution in [2.75, 3.05) is 0 Å². The van der Waals surface area contributed by atoms with Crippen molar-refractivity contribution in [2.24, 2.45) is 0 Å². The highest BCUT2D eigenvalue weighted by Gasteiger charge is 2.23. The molecule has 0 saturated heterocycles. The van der Waals surface area contributed by atoms with E-state index < -0.39 is 0 Å². The van der Waals surface area contributed by atoms with Crippen molar-refractivity contribution in [2.45, 2.75) is 38.3 Å². The molecule has 3 rings (SSSR count). The Morgan fingerprint density at radius 1 is 1.10 bits per heavy atom. The number of nitrogens with one attached hydrogen (secondary N) is 1. The summed E-state index contributed by atoms with van der Waals surface area (Å²) in [4.78, 5) is 0. The van der Waals surface area contributed by atoms with Gasteiger partial charge in [-0.15, -0.1) is 0 Å². The number of fused-ring (bicyclic) bond motifs is 1. The van der Waals surface area contributed by atoms with Crippen molar-refractivity contribution in [3.05, 3.63) is 69.2 Å². The summed E-state index contributed by atoms with van der Waals surface area (Å²) in [6.45, 7) is 2.24. The molecule has 1 nitrogen and oxygen atoms in total. The van der Waals surface area contributed by atoms with Crippen LogP contribution in [0.5, 0.6) is 0 Å². The van der Waals surface area contributed by atoms with Crippen LogP contribution in [0.4, 0.5) is 0 Å². The fourth-order valence-electron chi connectivity index (χ4n) is 3.14. The molecule has 0 saturated carbocycles. The molecule has 0 heterocycles. The van der Waals surface area contributed by atoms with Gasteiger partial charge in [-0.05, 0) is 67.1 Å². The second-order valence-corrected chi connectivity index (χ2v) is 6.71. The lowest BCUT2D eigenvalue weighted by molar-refractivity contribution is 0.451. The Labute approximate surface area is 136 Å². The van der Waals surface area contributed by atoms with Gasteiger partial charge in [0.15, 0.2) is 0 Å². The smallest absolute Gasteiger partial charge is 0.0408 e. The molecule has 2 aromatic rings. The average Bonchev–Trinajstić information content (AvgIpc) is 2.83. The van der Waals surface area contributed by atoms with Crippen LogP contribution < -0.4 is 5.32 Å². The van der Waals surface area contributed by atoms with Gasteiger partial charge in [0.25, 0.3) is 0 Å². The van der Waals surface area contributed by atoms with E-state index in [4.69, 9.17) is 23.2 Å². The first-order valence-electron chi connectivity index (χ1n) is 7.40. The SMILES string of the molecule is CC(Cc1ccc(Cl)cc1)NC1CCc2cc(Cl)ccc21. The topological polar surface area (TPSA) is 12.0 Å². The second kappa shape index (κ2) is 6.39. The van der Waals surface area contributed by atoms with E-state index in [0.717, 1.165) is 29.3 Å². The molecule has 0 aliphatic heterocycles. The number of aryl methyl sites for hydroxylation is 1. The van der Waals surface area contributed by atoms with Crippen molar-refractivity contribution in [1.82, 2.24) is 5.32 Å². The summed E-state index contributed by atoms with van der Waals surface area (Å²) in [6, 6.07) is 15.2. The van der Waals surface area contributed by atoms with Crippen LogP contribution in [-0.4, -0.2) is 6.04 Å². The Hall–Kier alpha value is -1.02. The quantitative estimate of drug-likeness (QED) is 0.816. The van der Waals surface area contributed by atoms with Gasteiger partial charge in [-0.2, -0.15) is 0 Å². The minimum atomic E-state index is 0.429. The van der Waals surface area contributed by atoms with Gasteiger partial charge in [0, 0.05) is 22.1 Å². The van der Waals surface area contributed by atoms with Crippen LogP contribution in [0, 0.1) is 0 Å². The van der Waals surface area contributed by atoms with Crippen LogP contribution in [0.25, 0.3) is 0 Å². The monoisotopic (exact) mass is 319 g/mol. The lowest BCUT2D eigenvalue weighted by atomic mass is 10.0. The highest BCUT2D eigenvalue weighted by molar-refractivity contribution is 6.30. The van der Waals surface area contributed by atoms with Crippen molar-refractivity contribution in [3.8, 4) is 0 Å². The van der Waals surface area contributed by atoms with E-state index in [-0.39, 0.29) is 0 Å². The molecular formula is C18H19Cl2N. The first-order chi connectivity index (χ1) is 10.1. The van der Waals surface area contributed by atoms with Gasteiger partial charge in [0.05, 0.1) is 0 Å². The summed E-state index contributed by atoms with van der Waals surface area (Å²) in [5, 5.41) is 5.37. The fourth-order valence-corrected chi connectivity index (χ4v) is 3.46. The molecule has 0 radical (unpaired) electrons. The molecular weight excluding hydrogens is 301 g/mol. The zero-order chi connectivity index (χ0) is 14.8. The molecule has 1 aliphatic carbocycles. The Morgan fingerprint density at radius 3 is 2.57 bits per heavy atom. The van der Waals surface area contributed by atoms with Crippen molar-refractivity contribution >= 4 is 23.2 Å². The standard InChI is InChI=1S/C18H19Cl2N/c1-12(10-13-2-5-15(19)6-3-13)21-18-9-4-14-11-16(20)7-8-17(14)18/h2-3,5-8,11-12,18,21H,4,9-10H2,1H3. The third kappa shape index (κ3) is 3.60. The molecule has 2 atom stereocenters. The molecule has 2 unspecified atom stereocenters. The first kappa shape index (κ1) is 14.9. The van der Waals surface area contributed by atoms with Crippen LogP contribution >= 0.6 is 23.2 Å². The van der Waals surface area contributed by atoms with Gasteiger partial charge in [-0.3, -0.25) is 0 Å². The van der Waals surface area contributed by atoms with E-state index in [9.17, 15) is 0 Å². The zero-order valence-corrected chi connectivity index (χ0v) is 13.6. The fraction of sp³-hybridized carbons (Fsp3) is 0.333. The van der Waals surface area contributed by atoms with E-state index in [2.05, 4.69) is 36.5 Å². The maximum Gasteiger partial charge on any atom is 0.0408 e. The number of halogens is 2. The molecule has 3 heteroatoms. The van der Waals surface area contributed by atoms with Crippen LogP contribution in [0.1, 0.15) is 36.1 Å². The third-order valence-corrected chi connectivity index (χ3v) is 4.61. The molecule has 0 amide bonds. The van der Waals surface area contributed by atoms with Crippen molar-refractivity contribution in [1.29, 1.82) is 0 Å². The van der Waals surface area contributed by atoms with Crippen molar-refractivity contribution < 1.29 is 0 Å². The molecule has 21 heavy (non-hydrogen) atoms. The zero-order valence-electron chi connectivity index (χ0n) is 12.1. The van der Waals surface area contributed by atoms with Crippen LogP contribution in [0.3, 0.4) is 0 Å². The number of benzene rings is 2. The summed E-state index contributed by atoms with van der Waals surface area (Å²) in [5.41, 5.74) is 4.11. The number of rotatable bonds is 4. The lowest BCUT2D eigenvalue weighted by Crippen LogP contribution is -2.31. The molecule has 110 valence electrons. The Kier molecular flexibility index (Phi) is 4.54. The Bertz CT molecular complexity index is 622. The molecule has 2 aromatic carbocycles. The molecule has 1 N–H and O–H groups in total. The number of hydrogen-bond donors (Lipinski definition) is 1. The Balaban J connectivity index is 1.64. The maximum atomic E-state index is 6.07.